The van der Waals surface area contributed by atoms with Crippen molar-refractivity contribution in [3.8, 4) is 0 Å². The molecule has 0 atom stereocenters. The first-order valence-electron chi connectivity index (χ1n) is 7.55. The van der Waals surface area contributed by atoms with Gasteiger partial charge in [-0.25, -0.2) is 9.78 Å². The number of carbonyl (C=O) groups excluding carboxylic acids is 2. The molecule has 118 valence electrons. The van der Waals surface area contributed by atoms with Gasteiger partial charge in [-0.05, 0) is 19.8 Å². The zero-order valence-corrected chi connectivity index (χ0v) is 13.9. The summed E-state index contributed by atoms with van der Waals surface area (Å²) in [6.45, 7) is 7.73. The Labute approximate surface area is 130 Å². The molecule has 0 saturated carbocycles. The highest BCUT2D eigenvalue weighted by molar-refractivity contribution is 7.11. The minimum atomic E-state index is -0.463. The minimum Gasteiger partial charge on any atom is -0.461 e. The number of unbranched alkanes of at least 4 members (excludes halogenated alkanes) is 2. The fourth-order valence-corrected chi connectivity index (χ4v) is 2.52. The fraction of sp³-hybridized carbons (Fsp3) is 0.667. The number of hydrogen-bond acceptors (Lipinski definition) is 5. The molecule has 1 rings (SSSR count). The summed E-state index contributed by atoms with van der Waals surface area (Å²) in [5.74, 6) is -0.557. The number of nitrogens with zero attached hydrogens (tertiary/aromatic N) is 2. The van der Waals surface area contributed by atoms with Gasteiger partial charge in [0.2, 0.25) is 5.01 Å². The summed E-state index contributed by atoms with van der Waals surface area (Å²) >= 11 is 1.16. The molecule has 0 aliphatic rings. The lowest BCUT2D eigenvalue weighted by Gasteiger charge is -2.21. The van der Waals surface area contributed by atoms with E-state index in [2.05, 4.69) is 18.8 Å². The van der Waals surface area contributed by atoms with E-state index in [1.807, 2.05) is 4.90 Å². The maximum atomic E-state index is 12.5. The van der Waals surface area contributed by atoms with Crippen LogP contribution in [0.5, 0.6) is 0 Å². The highest BCUT2D eigenvalue weighted by atomic mass is 32.1. The van der Waals surface area contributed by atoms with Gasteiger partial charge in [0, 0.05) is 18.5 Å². The number of rotatable bonds is 9. The number of hydrogen-bond donors (Lipinski definition) is 0. The number of carbonyl (C=O) groups is 2. The van der Waals surface area contributed by atoms with Crippen molar-refractivity contribution in [1.29, 1.82) is 0 Å². The molecule has 1 heterocycles. The Morgan fingerprint density at radius 3 is 2.33 bits per heavy atom. The zero-order chi connectivity index (χ0) is 15.7. The van der Waals surface area contributed by atoms with Gasteiger partial charge in [0.25, 0.3) is 5.91 Å². The van der Waals surface area contributed by atoms with Gasteiger partial charge in [-0.3, -0.25) is 4.79 Å². The molecule has 0 radical (unpaired) electrons. The Morgan fingerprint density at radius 1 is 1.19 bits per heavy atom. The summed E-state index contributed by atoms with van der Waals surface area (Å²) in [4.78, 5) is 30.0. The second-order valence-electron chi connectivity index (χ2n) is 4.76. The topological polar surface area (TPSA) is 59.5 Å². The van der Waals surface area contributed by atoms with Crippen molar-refractivity contribution >= 4 is 23.2 Å². The van der Waals surface area contributed by atoms with Gasteiger partial charge in [-0.1, -0.05) is 26.7 Å². The van der Waals surface area contributed by atoms with Crippen molar-refractivity contribution in [3.05, 3.63) is 16.1 Å². The molecule has 0 fully saturated rings. The molecule has 0 aliphatic carbocycles. The Bertz CT molecular complexity index is 452. The third-order valence-corrected chi connectivity index (χ3v) is 3.85. The summed E-state index contributed by atoms with van der Waals surface area (Å²) in [5.41, 5.74) is 0.343. The Morgan fingerprint density at radius 2 is 1.81 bits per heavy atom. The summed E-state index contributed by atoms with van der Waals surface area (Å²) in [6.07, 6.45) is 4.04. The maximum Gasteiger partial charge on any atom is 0.367 e. The van der Waals surface area contributed by atoms with E-state index in [0.717, 1.165) is 50.1 Å². The molecule has 0 aromatic carbocycles. The summed E-state index contributed by atoms with van der Waals surface area (Å²) in [7, 11) is 0. The van der Waals surface area contributed by atoms with Crippen molar-refractivity contribution in [2.45, 2.75) is 46.5 Å². The minimum absolute atomic E-state index is 0.0938. The molecule has 0 unspecified atom stereocenters. The predicted molar refractivity (Wildman–Crippen MR) is 83.8 cm³/mol. The third-order valence-electron chi connectivity index (χ3n) is 3.02. The second kappa shape index (κ2) is 9.50. The third kappa shape index (κ3) is 5.46. The lowest BCUT2D eigenvalue weighted by Crippen LogP contribution is -2.33. The van der Waals surface area contributed by atoms with Crippen LogP contribution in [-0.2, 0) is 4.74 Å². The maximum absolute atomic E-state index is 12.5. The van der Waals surface area contributed by atoms with Crippen LogP contribution in [0.2, 0.25) is 0 Å². The standard InChI is InChI=1S/C15H24N2O3S/c1-4-7-9-17(10-8-5-2)14(18)12-11-21-13(16-12)15(19)20-6-3/h11H,4-10H2,1-3H3. The number of thiazole rings is 1. The average molecular weight is 312 g/mol. The van der Waals surface area contributed by atoms with Crippen LogP contribution in [0.4, 0.5) is 0 Å². The number of esters is 1. The summed E-state index contributed by atoms with van der Waals surface area (Å²) in [5, 5.41) is 1.88. The van der Waals surface area contributed by atoms with Crippen LogP contribution in [-0.4, -0.2) is 41.5 Å². The Hall–Kier alpha value is -1.43. The van der Waals surface area contributed by atoms with Crippen LogP contribution in [0, 0.1) is 0 Å². The smallest absolute Gasteiger partial charge is 0.367 e. The van der Waals surface area contributed by atoms with Crippen LogP contribution in [0.25, 0.3) is 0 Å². The summed E-state index contributed by atoms with van der Waals surface area (Å²) < 4.78 is 4.90. The normalized spacial score (nSPS) is 10.4. The van der Waals surface area contributed by atoms with Gasteiger partial charge in [0.05, 0.1) is 6.61 Å². The zero-order valence-electron chi connectivity index (χ0n) is 13.1. The first kappa shape index (κ1) is 17.6. The number of ether oxygens (including phenoxy) is 1. The molecule has 1 amide bonds. The van der Waals surface area contributed by atoms with E-state index < -0.39 is 5.97 Å². The van der Waals surface area contributed by atoms with E-state index in [9.17, 15) is 9.59 Å². The molecular formula is C15H24N2O3S. The molecule has 1 aromatic rings. The van der Waals surface area contributed by atoms with Crippen molar-refractivity contribution in [2.24, 2.45) is 0 Å². The highest BCUT2D eigenvalue weighted by Crippen LogP contribution is 2.14. The van der Waals surface area contributed by atoms with Gasteiger partial charge < -0.3 is 9.64 Å². The highest BCUT2D eigenvalue weighted by Gasteiger charge is 2.20. The van der Waals surface area contributed by atoms with Crippen molar-refractivity contribution in [2.75, 3.05) is 19.7 Å². The number of aromatic nitrogens is 1. The molecule has 0 N–H and O–H groups in total. The quantitative estimate of drug-likeness (QED) is 0.656. The van der Waals surface area contributed by atoms with Crippen LogP contribution in [0.1, 0.15) is 66.7 Å². The van der Waals surface area contributed by atoms with Crippen LogP contribution < -0.4 is 0 Å². The van der Waals surface area contributed by atoms with Crippen LogP contribution in [0.3, 0.4) is 0 Å². The Balaban J connectivity index is 2.75. The van der Waals surface area contributed by atoms with Gasteiger partial charge in [0.15, 0.2) is 0 Å². The SMILES string of the molecule is CCCCN(CCCC)C(=O)c1csc(C(=O)OCC)n1. The molecule has 0 bridgehead atoms. The predicted octanol–water partition coefficient (Wildman–Crippen LogP) is 3.36. The monoisotopic (exact) mass is 312 g/mol. The molecule has 0 aliphatic heterocycles. The molecule has 6 heteroatoms. The van der Waals surface area contributed by atoms with Gasteiger partial charge in [-0.15, -0.1) is 11.3 Å². The van der Waals surface area contributed by atoms with Crippen LogP contribution >= 0.6 is 11.3 Å². The Kier molecular flexibility index (Phi) is 7.97. The molecule has 1 aromatic heterocycles. The average Bonchev–Trinajstić information content (AvgIpc) is 2.97. The largest absolute Gasteiger partial charge is 0.461 e. The molecule has 5 nitrogen and oxygen atoms in total. The molecule has 0 saturated heterocycles. The van der Waals surface area contributed by atoms with E-state index in [-0.39, 0.29) is 10.9 Å². The first-order chi connectivity index (χ1) is 10.1. The van der Waals surface area contributed by atoms with E-state index >= 15 is 0 Å². The molecule has 0 spiro atoms. The first-order valence-corrected chi connectivity index (χ1v) is 8.43. The van der Waals surface area contributed by atoms with Crippen molar-refractivity contribution < 1.29 is 14.3 Å². The van der Waals surface area contributed by atoms with Crippen molar-refractivity contribution in [1.82, 2.24) is 9.88 Å². The molecule has 21 heavy (non-hydrogen) atoms. The van der Waals surface area contributed by atoms with E-state index in [1.54, 1.807) is 12.3 Å². The van der Waals surface area contributed by atoms with Crippen molar-refractivity contribution in [3.63, 3.8) is 0 Å². The molecular weight excluding hydrogens is 288 g/mol. The van der Waals surface area contributed by atoms with Gasteiger partial charge >= 0.3 is 5.97 Å². The fourth-order valence-electron chi connectivity index (χ4n) is 1.83. The summed E-state index contributed by atoms with van der Waals surface area (Å²) in [6, 6.07) is 0. The van der Waals surface area contributed by atoms with Crippen LogP contribution in [0.15, 0.2) is 5.38 Å². The van der Waals surface area contributed by atoms with Gasteiger partial charge in [-0.2, -0.15) is 0 Å². The van der Waals surface area contributed by atoms with E-state index in [0.29, 0.717) is 12.3 Å². The number of amides is 1. The lowest BCUT2D eigenvalue weighted by molar-refractivity contribution is 0.0526. The van der Waals surface area contributed by atoms with Gasteiger partial charge in [0.1, 0.15) is 5.69 Å². The van der Waals surface area contributed by atoms with E-state index in [1.165, 1.54) is 0 Å². The lowest BCUT2D eigenvalue weighted by atomic mass is 10.2. The second-order valence-corrected chi connectivity index (χ2v) is 5.62. The van der Waals surface area contributed by atoms with E-state index in [4.69, 9.17) is 4.74 Å².